The first-order chi connectivity index (χ1) is 9.65. The van der Waals surface area contributed by atoms with Gasteiger partial charge in [-0.05, 0) is 23.6 Å². The van der Waals surface area contributed by atoms with E-state index in [-0.39, 0.29) is 11.1 Å². The summed E-state index contributed by atoms with van der Waals surface area (Å²) < 4.78 is 0. The van der Waals surface area contributed by atoms with E-state index in [0.29, 0.717) is 23.7 Å². The molecule has 1 unspecified atom stereocenters. The van der Waals surface area contributed by atoms with Gasteiger partial charge in [0.15, 0.2) is 0 Å². The third-order valence-corrected chi connectivity index (χ3v) is 3.88. The molecule has 0 fully saturated rings. The number of hydrogen-bond donors (Lipinski definition) is 2. The fourth-order valence-corrected chi connectivity index (χ4v) is 2.67. The molecule has 0 radical (unpaired) electrons. The van der Waals surface area contributed by atoms with Gasteiger partial charge in [-0.2, -0.15) is 0 Å². The van der Waals surface area contributed by atoms with Gasteiger partial charge in [0.05, 0.1) is 17.4 Å². The molecule has 20 heavy (non-hydrogen) atoms. The number of nitrogens with zero attached hydrogens (tertiary/aromatic N) is 1. The summed E-state index contributed by atoms with van der Waals surface area (Å²) in [6.07, 6.45) is 2.43. The van der Waals surface area contributed by atoms with Crippen LogP contribution in [0.5, 0.6) is 0 Å². The lowest BCUT2D eigenvalue weighted by molar-refractivity contribution is 0.0950. The van der Waals surface area contributed by atoms with Crippen LogP contribution in [0.25, 0.3) is 0 Å². The van der Waals surface area contributed by atoms with Crippen LogP contribution in [-0.2, 0) is 6.42 Å². The van der Waals surface area contributed by atoms with Crippen LogP contribution >= 0.6 is 11.6 Å². The molecule has 2 aromatic rings. The molecule has 1 heterocycles. The minimum Gasteiger partial charge on any atom is -0.397 e. The van der Waals surface area contributed by atoms with Gasteiger partial charge in [0, 0.05) is 12.5 Å². The van der Waals surface area contributed by atoms with E-state index in [1.165, 1.54) is 17.3 Å². The van der Waals surface area contributed by atoms with Crippen LogP contribution in [0.1, 0.15) is 27.4 Å². The van der Waals surface area contributed by atoms with Crippen molar-refractivity contribution in [3.8, 4) is 0 Å². The van der Waals surface area contributed by atoms with Crippen molar-refractivity contribution >= 4 is 23.2 Å². The van der Waals surface area contributed by atoms with E-state index in [4.69, 9.17) is 17.3 Å². The second-order valence-electron chi connectivity index (χ2n) is 4.92. The fourth-order valence-electron chi connectivity index (χ4n) is 2.48. The van der Waals surface area contributed by atoms with Crippen LogP contribution in [0.2, 0.25) is 5.15 Å². The van der Waals surface area contributed by atoms with Crippen molar-refractivity contribution < 1.29 is 4.79 Å². The number of nitrogens with one attached hydrogen (secondary N) is 1. The van der Waals surface area contributed by atoms with Crippen molar-refractivity contribution in [2.75, 3.05) is 12.3 Å². The Hall–Kier alpha value is -2.07. The third kappa shape index (κ3) is 2.34. The van der Waals surface area contributed by atoms with Crippen LogP contribution in [0.4, 0.5) is 5.69 Å². The molecule has 102 valence electrons. The molecule has 0 spiro atoms. The molecular weight excluding hydrogens is 274 g/mol. The van der Waals surface area contributed by atoms with Gasteiger partial charge in [0.1, 0.15) is 5.15 Å². The number of amides is 1. The fraction of sp³-hybridized carbons (Fsp3) is 0.200. The van der Waals surface area contributed by atoms with Crippen LogP contribution < -0.4 is 11.1 Å². The van der Waals surface area contributed by atoms with Crippen molar-refractivity contribution in [1.82, 2.24) is 10.3 Å². The molecule has 1 aliphatic rings. The van der Waals surface area contributed by atoms with E-state index in [1.807, 2.05) is 12.1 Å². The van der Waals surface area contributed by atoms with Gasteiger partial charge in [0.2, 0.25) is 0 Å². The molecule has 3 rings (SSSR count). The number of nitrogens with two attached hydrogens (primary N) is 1. The first-order valence-electron chi connectivity index (χ1n) is 6.42. The van der Waals surface area contributed by atoms with E-state index < -0.39 is 0 Å². The van der Waals surface area contributed by atoms with Crippen molar-refractivity contribution in [3.05, 3.63) is 58.4 Å². The second-order valence-corrected chi connectivity index (χ2v) is 5.27. The highest BCUT2D eigenvalue weighted by Gasteiger charge is 2.25. The topological polar surface area (TPSA) is 68.0 Å². The number of hydrogen-bond acceptors (Lipinski definition) is 3. The first-order valence-corrected chi connectivity index (χ1v) is 6.80. The Balaban J connectivity index is 1.65. The van der Waals surface area contributed by atoms with Crippen molar-refractivity contribution in [2.24, 2.45) is 0 Å². The zero-order chi connectivity index (χ0) is 14.1. The number of pyridine rings is 1. The molecule has 4 nitrogen and oxygen atoms in total. The van der Waals surface area contributed by atoms with Gasteiger partial charge >= 0.3 is 0 Å². The molecule has 0 saturated heterocycles. The van der Waals surface area contributed by atoms with E-state index in [2.05, 4.69) is 22.4 Å². The Labute approximate surface area is 122 Å². The predicted molar refractivity (Wildman–Crippen MR) is 78.9 cm³/mol. The van der Waals surface area contributed by atoms with Crippen LogP contribution in [-0.4, -0.2) is 17.4 Å². The van der Waals surface area contributed by atoms with Crippen molar-refractivity contribution in [1.29, 1.82) is 0 Å². The summed E-state index contributed by atoms with van der Waals surface area (Å²) in [5, 5.41) is 3.06. The standard InChI is InChI=1S/C15H14ClN3O/c16-14-13(6-11(17)8-18-14)15(20)19-7-10-5-9-3-1-2-4-12(9)10/h1-4,6,8,10H,5,7,17H2,(H,19,20). The maximum atomic E-state index is 12.1. The molecule has 0 bridgehead atoms. The third-order valence-electron chi connectivity index (χ3n) is 3.58. The summed E-state index contributed by atoms with van der Waals surface area (Å²) in [7, 11) is 0. The molecule has 0 aliphatic heterocycles. The van der Waals surface area contributed by atoms with Gasteiger partial charge in [-0.15, -0.1) is 0 Å². The average Bonchev–Trinajstić information content (AvgIpc) is 2.42. The highest BCUT2D eigenvalue weighted by molar-refractivity contribution is 6.32. The SMILES string of the molecule is Nc1cnc(Cl)c(C(=O)NCC2Cc3ccccc32)c1. The monoisotopic (exact) mass is 287 g/mol. The minimum absolute atomic E-state index is 0.172. The lowest BCUT2D eigenvalue weighted by Crippen LogP contribution is -2.33. The summed E-state index contributed by atoms with van der Waals surface area (Å²) in [6, 6.07) is 9.81. The lowest BCUT2D eigenvalue weighted by atomic mass is 9.77. The van der Waals surface area contributed by atoms with Crippen LogP contribution in [0.15, 0.2) is 36.5 Å². The van der Waals surface area contributed by atoms with Gasteiger partial charge in [-0.25, -0.2) is 4.98 Å². The quantitative estimate of drug-likeness (QED) is 0.852. The van der Waals surface area contributed by atoms with Crippen molar-refractivity contribution in [3.63, 3.8) is 0 Å². The lowest BCUT2D eigenvalue weighted by Gasteiger charge is -2.30. The zero-order valence-electron chi connectivity index (χ0n) is 10.8. The van der Waals surface area contributed by atoms with Gasteiger partial charge in [-0.1, -0.05) is 35.9 Å². The summed E-state index contributed by atoms with van der Waals surface area (Å²) in [5.41, 5.74) is 9.03. The highest BCUT2D eigenvalue weighted by atomic mass is 35.5. The Morgan fingerprint density at radius 1 is 1.45 bits per heavy atom. The number of nitrogen functional groups attached to an aromatic ring is 1. The molecule has 1 atom stereocenters. The molecule has 0 saturated carbocycles. The molecular formula is C15H14ClN3O. The predicted octanol–water partition coefficient (Wildman–Crippen LogP) is 2.39. The normalized spacial score (nSPS) is 16.1. The second kappa shape index (κ2) is 5.13. The number of carbonyl (C=O) groups excluding carboxylic acids is 1. The number of rotatable bonds is 3. The smallest absolute Gasteiger partial charge is 0.254 e. The molecule has 1 amide bonds. The largest absolute Gasteiger partial charge is 0.397 e. The van der Waals surface area contributed by atoms with Gasteiger partial charge < -0.3 is 11.1 Å². The Morgan fingerprint density at radius 2 is 2.25 bits per heavy atom. The summed E-state index contributed by atoms with van der Waals surface area (Å²) in [4.78, 5) is 16.0. The average molecular weight is 288 g/mol. The first kappa shape index (κ1) is 12.9. The number of carbonyl (C=O) groups is 1. The maximum absolute atomic E-state index is 12.1. The molecule has 1 aromatic carbocycles. The summed E-state index contributed by atoms with van der Waals surface area (Å²) in [6.45, 7) is 0.598. The Kier molecular flexibility index (Phi) is 3.32. The van der Waals surface area contributed by atoms with E-state index >= 15 is 0 Å². The van der Waals surface area contributed by atoms with Crippen molar-refractivity contribution in [2.45, 2.75) is 12.3 Å². The highest BCUT2D eigenvalue weighted by Crippen LogP contribution is 2.34. The Bertz CT molecular complexity index is 672. The molecule has 1 aliphatic carbocycles. The maximum Gasteiger partial charge on any atom is 0.254 e. The molecule has 1 aromatic heterocycles. The van der Waals surface area contributed by atoms with Crippen LogP contribution in [0.3, 0.4) is 0 Å². The zero-order valence-corrected chi connectivity index (χ0v) is 11.5. The molecule has 5 heteroatoms. The molecule has 3 N–H and O–H groups in total. The number of aromatic nitrogens is 1. The van der Waals surface area contributed by atoms with E-state index in [0.717, 1.165) is 6.42 Å². The summed E-state index contributed by atoms with van der Waals surface area (Å²) >= 11 is 5.91. The number of halogens is 1. The number of benzene rings is 1. The van der Waals surface area contributed by atoms with E-state index in [1.54, 1.807) is 6.07 Å². The number of anilines is 1. The van der Waals surface area contributed by atoms with Gasteiger partial charge in [0.25, 0.3) is 5.91 Å². The Morgan fingerprint density at radius 3 is 3.05 bits per heavy atom. The van der Waals surface area contributed by atoms with E-state index in [9.17, 15) is 4.79 Å². The minimum atomic E-state index is -0.237. The van der Waals surface area contributed by atoms with Gasteiger partial charge in [-0.3, -0.25) is 4.79 Å². The number of fused-ring (bicyclic) bond motifs is 1. The summed E-state index contributed by atoms with van der Waals surface area (Å²) in [5.74, 6) is 0.141. The van der Waals surface area contributed by atoms with Crippen LogP contribution in [0, 0.1) is 0 Å².